The molecule has 0 bridgehead atoms. The zero-order chi connectivity index (χ0) is 21.5. The third-order valence-corrected chi connectivity index (χ3v) is 5.47. The molecule has 162 valence electrons. The Kier molecular flexibility index (Phi) is 7.45. The summed E-state index contributed by atoms with van der Waals surface area (Å²) < 4.78 is 34.3. The summed E-state index contributed by atoms with van der Waals surface area (Å²) in [5.41, 5.74) is 1.35. The minimum absolute atomic E-state index is 0.0353. The summed E-state index contributed by atoms with van der Waals surface area (Å²) >= 11 is 1.47. The van der Waals surface area contributed by atoms with E-state index >= 15 is 0 Å². The highest BCUT2D eigenvalue weighted by molar-refractivity contribution is 7.08. The highest BCUT2D eigenvalue weighted by atomic mass is 32.1. The summed E-state index contributed by atoms with van der Waals surface area (Å²) in [6.45, 7) is -1.66. The SMILES string of the molecule is COc1cc(CNC(=O)N2CCC(NC(=O)c3ccsc3)CC2)ccc1OC(F)F. The highest BCUT2D eigenvalue weighted by Crippen LogP contribution is 2.29. The van der Waals surface area contributed by atoms with E-state index in [9.17, 15) is 18.4 Å². The Bertz CT molecular complexity index is 856. The third-order valence-electron chi connectivity index (χ3n) is 4.79. The van der Waals surface area contributed by atoms with Gasteiger partial charge in [0.2, 0.25) is 0 Å². The van der Waals surface area contributed by atoms with Gasteiger partial charge in [0.1, 0.15) is 0 Å². The smallest absolute Gasteiger partial charge is 0.387 e. The van der Waals surface area contributed by atoms with Crippen molar-refractivity contribution in [3.8, 4) is 11.5 Å². The van der Waals surface area contributed by atoms with Gasteiger partial charge >= 0.3 is 12.6 Å². The molecule has 0 atom stereocenters. The van der Waals surface area contributed by atoms with Gasteiger partial charge in [0.15, 0.2) is 11.5 Å². The fourth-order valence-electron chi connectivity index (χ4n) is 3.19. The first-order valence-electron chi connectivity index (χ1n) is 9.44. The molecule has 0 aliphatic carbocycles. The topological polar surface area (TPSA) is 79.9 Å². The maximum atomic E-state index is 12.4. The Morgan fingerprint density at radius 2 is 2.00 bits per heavy atom. The number of nitrogens with zero attached hydrogens (tertiary/aromatic N) is 1. The van der Waals surface area contributed by atoms with Crippen molar-refractivity contribution >= 4 is 23.3 Å². The Hall–Kier alpha value is -2.88. The predicted octanol–water partition coefficient (Wildman–Crippen LogP) is 3.46. The van der Waals surface area contributed by atoms with Crippen LogP contribution in [0.2, 0.25) is 0 Å². The molecule has 2 aromatic rings. The first-order valence-corrected chi connectivity index (χ1v) is 10.4. The molecule has 10 heteroatoms. The van der Waals surface area contributed by atoms with Gasteiger partial charge in [0.05, 0.1) is 7.11 Å². The van der Waals surface area contributed by atoms with Gasteiger partial charge in [0, 0.05) is 36.6 Å². The second-order valence-corrected chi connectivity index (χ2v) is 7.55. The van der Waals surface area contributed by atoms with Crippen molar-refractivity contribution in [1.29, 1.82) is 0 Å². The number of thiophene rings is 1. The first-order chi connectivity index (χ1) is 14.5. The number of ether oxygens (including phenoxy) is 2. The van der Waals surface area contributed by atoms with Gasteiger partial charge in [0.25, 0.3) is 5.91 Å². The lowest BCUT2D eigenvalue weighted by atomic mass is 10.0. The molecule has 1 aromatic heterocycles. The Morgan fingerprint density at radius 3 is 2.63 bits per heavy atom. The third kappa shape index (κ3) is 5.82. The van der Waals surface area contributed by atoms with Crippen molar-refractivity contribution in [2.45, 2.75) is 32.0 Å². The monoisotopic (exact) mass is 439 g/mol. The minimum atomic E-state index is -2.94. The van der Waals surface area contributed by atoms with Crippen LogP contribution in [0, 0.1) is 0 Å². The molecule has 30 heavy (non-hydrogen) atoms. The number of benzene rings is 1. The molecule has 0 spiro atoms. The second-order valence-electron chi connectivity index (χ2n) is 6.77. The number of halogens is 2. The van der Waals surface area contributed by atoms with Crippen LogP contribution in [0.5, 0.6) is 11.5 Å². The van der Waals surface area contributed by atoms with Crippen molar-refractivity contribution in [1.82, 2.24) is 15.5 Å². The molecular weight excluding hydrogens is 416 g/mol. The van der Waals surface area contributed by atoms with Crippen LogP contribution in [-0.2, 0) is 6.54 Å². The molecule has 7 nitrogen and oxygen atoms in total. The minimum Gasteiger partial charge on any atom is -0.493 e. The molecule has 1 fully saturated rings. The quantitative estimate of drug-likeness (QED) is 0.693. The maximum Gasteiger partial charge on any atom is 0.387 e. The van der Waals surface area contributed by atoms with Gasteiger partial charge in [-0.1, -0.05) is 6.07 Å². The summed E-state index contributed by atoms with van der Waals surface area (Å²) in [5.74, 6) is 0.0192. The maximum absolute atomic E-state index is 12.4. The van der Waals surface area contributed by atoms with Crippen LogP contribution in [0.25, 0.3) is 0 Å². The molecule has 2 N–H and O–H groups in total. The number of piperidine rings is 1. The van der Waals surface area contributed by atoms with Gasteiger partial charge in [-0.05, 0) is 42.0 Å². The number of nitrogens with one attached hydrogen (secondary N) is 2. The summed E-state index contributed by atoms with van der Waals surface area (Å²) in [7, 11) is 1.36. The van der Waals surface area contributed by atoms with Gasteiger partial charge in [-0.25, -0.2) is 4.79 Å². The fraction of sp³-hybridized carbons (Fsp3) is 0.400. The van der Waals surface area contributed by atoms with Gasteiger partial charge in [-0.2, -0.15) is 20.1 Å². The van der Waals surface area contributed by atoms with Gasteiger partial charge < -0.3 is 25.0 Å². The Balaban J connectivity index is 1.45. The average molecular weight is 439 g/mol. The van der Waals surface area contributed by atoms with Gasteiger partial charge in [-0.3, -0.25) is 4.79 Å². The number of methoxy groups -OCH3 is 1. The van der Waals surface area contributed by atoms with Crippen LogP contribution in [-0.4, -0.2) is 49.7 Å². The number of carbonyl (C=O) groups excluding carboxylic acids is 2. The van der Waals surface area contributed by atoms with Crippen molar-refractivity contribution in [2.24, 2.45) is 0 Å². The second kappa shape index (κ2) is 10.2. The standard InChI is InChI=1S/C20H23F2N3O4S/c1-28-17-10-13(2-3-16(17)29-19(21)22)11-23-20(27)25-7-4-15(5-8-25)24-18(26)14-6-9-30-12-14/h2-3,6,9-10,12,15,19H,4-5,7-8,11H2,1H3,(H,23,27)(H,24,26). The van der Waals surface area contributed by atoms with Crippen LogP contribution in [0.3, 0.4) is 0 Å². The molecule has 0 radical (unpaired) electrons. The normalized spacial score (nSPS) is 14.5. The molecule has 1 aliphatic rings. The number of urea groups is 1. The van der Waals surface area contributed by atoms with Crippen molar-refractivity contribution in [3.63, 3.8) is 0 Å². The summed E-state index contributed by atoms with van der Waals surface area (Å²) in [6.07, 6.45) is 1.35. The number of carbonyl (C=O) groups is 2. The zero-order valence-electron chi connectivity index (χ0n) is 16.4. The first kappa shape index (κ1) is 21.8. The molecule has 3 amide bonds. The average Bonchev–Trinajstić information content (AvgIpc) is 3.28. The lowest BCUT2D eigenvalue weighted by Crippen LogP contribution is -2.49. The van der Waals surface area contributed by atoms with E-state index in [1.54, 1.807) is 28.5 Å². The fourth-order valence-corrected chi connectivity index (χ4v) is 3.83. The van der Waals surface area contributed by atoms with E-state index in [1.165, 1.54) is 24.5 Å². The van der Waals surface area contributed by atoms with E-state index in [2.05, 4.69) is 15.4 Å². The number of alkyl halides is 2. The number of amides is 3. The van der Waals surface area contributed by atoms with E-state index in [0.717, 1.165) is 0 Å². The molecular formula is C20H23F2N3O4S. The van der Waals surface area contributed by atoms with Crippen molar-refractivity contribution < 1.29 is 27.8 Å². The van der Waals surface area contributed by atoms with E-state index in [4.69, 9.17) is 4.74 Å². The van der Waals surface area contributed by atoms with Crippen molar-refractivity contribution in [3.05, 3.63) is 46.2 Å². The predicted molar refractivity (Wildman–Crippen MR) is 108 cm³/mol. The molecule has 0 unspecified atom stereocenters. The molecule has 1 aromatic carbocycles. The summed E-state index contributed by atoms with van der Waals surface area (Å²) in [6, 6.07) is 6.12. The molecule has 2 heterocycles. The van der Waals surface area contributed by atoms with Crippen LogP contribution in [0.1, 0.15) is 28.8 Å². The number of hydrogen-bond acceptors (Lipinski definition) is 5. The van der Waals surface area contributed by atoms with E-state index in [0.29, 0.717) is 37.1 Å². The van der Waals surface area contributed by atoms with Crippen LogP contribution in [0.4, 0.5) is 13.6 Å². The Labute approximate surface area is 177 Å². The lowest BCUT2D eigenvalue weighted by Gasteiger charge is -2.32. The zero-order valence-corrected chi connectivity index (χ0v) is 17.2. The van der Waals surface area contributed by atoms with E-state index in [-0.39, 0.29) is 36.0 Å². The molecule has 0 saturated carbocycles. The highest BCUT2D eigenvalue weighted by Gasteiger charge is 2.24. The van der Waals surface area contributed by atoms with Crippen LogP contribution in [0.15, 0.2) is 35.0 Å². The number of likely N-dealkylation sites (tertiary alicyclic amines) is 1. The number of hydrogen-bond donors (Lipinski definition) is 2. The largest absolute Gasteiger partial charge is 0.493 e. The lowest BCUT2D eigenvalue weighted by molar-refractivity contribution is -0.0512. The van der Waals surface area contributed by atoms with E-state index in [1.807, 2.05) is 5.38 Å². The van der Waals surface area contributed by atoms with E-state index < -0.39 is 6.61 Å². The number of rotatable bonds is 7. The summed E-state index contributed by atoms with van der Waals surface area (Å²) in [5, 5.41) is 9.48. The van der Waals surface area contributed by atoms with Crippen molar-refractivity contribution in [2.75, 3.05) is 20.2 Å². The molecule has 3 rings (SSSR count). The van der Waals surface area contributed by atoms with Crippen LogP contribution < -0.4 is 20.1 Å². The summed E-state index contributed by atoms with van der Waals surface area (Å²) in [4.78, 5) is 26.2. The molecule has 1 aliphatic heterocycles. The van der Waals surface area contributed by atoms with Crippen LogP contribution >= 0.6 is 11.3 Å². The van der Waals surface area contributed by atoms with Gasteiger partial charge in [-0.15, -0.1) is 0 Å². The Morgan fingerprint density at radius 1 is 1.23 bits per heavy atom. The molecule has 1 saturated heterocycles.